The molecule has 2 atom stereocenters. The molecule has 0 N–H and O–H groups in total. The fourth-order valence-electron chi connectivity index (χ4n) is 1.31. The number of aldehydes is 1. The van der Waals surface area contributed by atoms with Crippen LogP contribution in [0.25, 0.3) is 0 Å². The smallest absolute Gasteiger partial charge is 0.308 e. The fourth-order valence-corrected chi connectivity index (χ4v) is 1.31. The van der Waals surface area contributed by atoms with Crippen LogP contribution in [0.4, 0.5) is 0 Å². The second-order valence-corrected chi connectivity index (χ2v) is 3.12. The van der Waals surface area contributed by atoms with Gasteiger partial charge < -0.3 is 14.3 Å². The molecule has 0 bridgehead atoms. The minimum Gasteiger partial charge on any atom is -0.469 e. The molecule has 0 aliphatic rings. The second kappa shape index (κ2) is 7.50. The predicted octanol–water partition coefficient (Wildman–Crippen LogP) is 1.18. The van der Waals surface area contributed by atoms with Gasteiger partial charge >= 0.3 is 5.97 Å². The zero-order valence-corrected chi connectivity index (χ0v) is 8.99. The third kappa shape index (κ3) is 4.37. The molecule has 0 aromatic carbocycles. The van der Waals surface area contributed by atoms with Crippen LogP contribution in [0.5, 0.6) is 0 Å². The maximum absolute atomic E-state index is 11.2. The first-order chi connectivity index (χ1) is 6.69. The Hall–Kier alpha value is -0.900. The first-order valence-corrected chi connectivity index (χ1v) is 4.73. The van der Waals surface area contributed by atoms with Crippen molar-refractivity contribution in [2.24, 2.45) is 5.92 Å². The highest BCUT2D eigenvalue weighted by atomic mass is 16.5. The summed E-state index contributed by atoms with van der Waals surface area (Å²) >= 11 is 0. The molecule has 2 unspecified atom stereocenters. The molecule has 4 heteroatoms. The molecule has 0 saturated heterocycles. The molecule has 14 heavy (non-hydrogen) atoms. The number of esters is 1. The molecule has 0 saturated carbocycles. The third-order valence-electron chi connectivity index (χ3n) is 2.27. The van der Waals surface area contributed by atoms with Crippen LogP contribution in [-0.4, -0.2) is 32.6 Å². The Morgan fingerprint density at radius 2 is 2.07 bits per heavy atom. The van der Waals surface area contributed by atoms with E-state index in [2.05, 4.69) is 4.74 Å². The van der Waals surface area contributed by atoms with Crippen molar-refractivity contribution in [2.75, 3.05) is 14.2 Å². The average Bonchev–Trinajstić information content (AvgIpc) is 2.23. The van der Waals surface area contributed by atoms with Gasteiger partial charge in [0.1, 0.15) is 6.29 Å². The van der Waals surface area contributed by atoms with E-state index in [1.807, 2.05) is 6.92 Å². The van der Waals surface area contributed by atoms with E-state index in [1.165, 1.54) is 14.2 Å². The summed E-state index contributed by atoms with van der Waals surface area (Å²) in [4.78, 5) is 21.5. The van der Waals surface area contributed by atoms with Gasteiger partial charge in [0.2, 0.25) is 0 Å². The van der Waals surface area contributed by atoms with Crippen molar-refractivity contribution in [3.8, 4) is 0 Å². The highest BCUT2D eigenvalue weighted by Gasteiger charge is 2.21. The number of carbonyl (C=O) groups is 2. The zero-order chi connectivity index (χ0) is 11.0. The number of rotatable bonds is 7. The van der Waals surface area contributed by atoms with E-state index in [9.17, 15) is 9.59 Å². The molecule has 0 aromatic rings. The molecule has 0 aromatic heterocycles. The molecule has 0 amide bonds. The van der Waals surface area contributed by atoms with Crippen molar-refractivity contribution in [1.82, 2.24) is 0 Å². The molecular formula is C10H18O4. The Morgan fingerprint density at radius 3 is 2.43 bits per heavy atom. The molecule has 4 nitrogen and oxygen atoms in total. The summed E-state index contributed by atoms with van der Waals surface area (Å²) in [6.07, 6.45) is 2.18. The monoisotopic (exact) mass is 202 g/mol. The summed E-state index contributed by atoms with van der Waals surface area (Å²) in [7, 11) is 2.91. The summed E-state index contributed by atoms with van der Waals surface area (Å²) < 4.78 is 9.72. The minimum atomic E-state index is -0.236. The summed E-state index contributed by atoms with van der Waals surface area (Å²) in [6, 6.07) is 0. The first-order valence-electron chi connectivity index (χ1n) is 4.73. The van der Waals surface area contributed by atoms with Gasteiger partial charge in [-0.25, -0.2) is 0 Å². The SMILES string of the molecule is CCC(CC(CC=O)OC)C(=O)OC. The van der Waals surface area contributed by atoms with E-state index in [4.69, 9.17) is 4.74 Å². The molecule has 0 heterocycles. The van der Waals surface area contributed by atoms with E-state index in [0.29, 0.717) is 19.3 Å². The molecular weight excluding hydrogens is 184 g/mol. The number of hydrogen-bond acceptors (Lipinski definition) is 4. The van der Waals surface area contributed by atoms with Crippen LogP contribution in [0.1, 0.15) is 26.2 Å². The molecule has 0 radical (unpaired) electrons. The molecule has 0 spiro atoms. The van der Waals surface area contributed by atoms with Gasteiger partial charge in [-0.3, -0.25) is 4.79 Å². The Kier molecular flexibility index (Phi) is 7.02. The molecule has 0 rings (SSSR count). The second-order valence-electron chi connectivity index (χ2n) is 3.12. The standard InChI is InChI=1S/C10H18O4/c1-4-8(10(12)14-3)7-9(13-2)5-6-11/h6,8-9H,4-5,7H2,1-3H3. The van der Waals surface area contributed by atoms with Gasteiger partial charge in [-0.15, -0.1) is 0 Å². The Bertz CT molecular complexity index is 179. The topological polar surface area (TPSA) is 52.6 Å². The lowest BCUT2D eigenvalue weighted by Gasteiger charge is -2.18. The van der Waals surface area contributed by atoms with Crippen LogP contribution in [0.2, 0.25) is 0 Å². The largest absolute Gasteiger partial charge is 0.469 e. The van der Waals surface area contributed by atoms with Gasteiger partial charge in [0, 0.05) is 13.5 Å². The third-order valence-corrected chi connectivity index (χ3v) is 2.27. The lowest BCUT2D eigenvalue weighted by atomic mass is 9.97. The quantitative estimate of drug-likeness (QED) is 0.459. The number of methoxy groups -OCH3 is 2. The lowest BCUT2D eigenvalue weighted by Crippen LogP contribution is -2.23. The van der Waals surface area contributed by atoms with Gasteiger partial charge in [-0.05, 0) is 12.8 Å². The zero-order valence-electron chi connectivity index (χ0n) is 8.99. The van der Waals surface area contributed by atoms with Gasteiger partial charge in [0.25, 0.3) is 0 Å². The lowest BCUT2D eigenvalue weighted by molar-refractivity contribution is -0.147. The molecule has 0 aliphatic heterocycles. The molecule has 0 fully saturated rings. The Balaban J connectivity index is 4.12. The van der Waals surface area contributed by atoms with Gasteiger partial charge in [0.15, 0.2) is 0 Å². The Morgan fingerprint density at radius 1 is 1.43 bits per heavy atom. The van der Waals surface area contributed by atoms with Crippen molar-refractivity contribution in [3.63, 3.8) is 0 Å². The van der Waals surface area contributed by atoms with Crippen molar-refractivity contribution >= 4 is 12.3 Å². The van der Waals surface area contributed by atoms with Crippen LogP contribution in [0.3, 0.4) is 0 Å². The van der Waals surface area contributed by atoms with E-state index in [0.717, 1.165) is 6.29 Å². The summed E-state index contributed by atoms with van der Waals surface area (Å²) in [6.45, 7) is 1.91. The number of ether oxygens (including phenoxy) is 2. The van der Waals surface area contributed by atoms with E-state index < -0.39 is 0 Å². The van der Waals surface area contributed by atoms with Crippen LogP contribution < -0.4 is 0 Å². The summed E-state index contributed by atoms with van der Waals surface area (Å²) in [5.41, 5.74) is 0. The highest BCUT2D eigenvalue weighted by Crippen LogP contribution is 2.16. The molecule has 82 valence electrons. The van der Waals surface area contributed by atoms with Crippen LogP contribution in [-0.2, 0) is 19.1 Å². The van der Waals surface area contributed by atoms with Crippen molar-refractivity contribution in [1.29, 1.82) is 0 Å². The normalized spacial score (nSPS) is 14.5. The van der Waals surface area contributed by atoms with E-state index in [1.54, 1.807) is 0 Å². The minimum absolute atomic E-state index is 0.176. The average molecular weight is 202 g/mol. The van der Waals surface area contributed by atoms with Crippen LogP contribution in [0.15, 0.2) is 0 Å². The van der Waals surface area contributed by atoms with Crippen molar-refractivity contribution in [3.05, 3.63) is 0 Å². The van der Waals surface area contributed by atoms with E-state index in [-0.39, 0.29) is 18.0 Å². The van der Waals surface area contributed by atoms with E-state index >= 15 is 0 Å². The van der Waals surface area contributed by atoms with Gasteiger partial charge in [0.05, 0.1) is 19.1 Å². The predicted molar refractivity (Wildman–Crippen MR) is 51.9 cm³/mol. The van der Waals surface area contributed by atoms with Gasteiger partial charge in [-0.2, -0.15) is 0 Å². The van der Waals surface area contributed by atoms with Crippen LogP contribution in [0, 0.1) is 5.92 Å². The Labute approximate surface area is 84.6 Å². The fraction of sp³-hybridized carbons (Fsp3) is 0.800. The summed E-state index contributed by atoms with van der Waals surface area (Å²) in [5, 5.41) is 0. The first kappa shape index (κ1) is 13.1. The number of hydrogen-bond donors (Lipinski definition) is 0. The van der Waals surface area contributed by atoms with Gasteiger partial charge in [-0.1, -0.05) is 6.92 Å². The maximum atomic E-state index is 11.2. The molecule has 0 aliphatic carbocycles. The van der Waals surface area contributed by atoms with Crippen molar-refractivity contribution in [2.45, 2.75) is 32.3 Å². The van der Waals surface area contributed by atoms with Crippen molar-refractivity contribution < 1.29 is 19.1 Å². The highest BCUT2D eigenvalue weighted by molar-refractivity contribution is 5.72. The number of carbonyl (C=O) groups excluding carboxylic acids is 2. The maximum Gasteiger partial charge on any atom is 0.308 e. The van der Waals surface area contributed by atoms with Crippen LogP contribution >= 0.6 is 0 Å². The summed E-state index contributed by atoms with van der Waals surface area (Å²) in [5.74, 6) is -0.412.